The SMILES string of the molecule is COc1c(N)nc(=O)n([C@]2(C(c3ccccc3)(c3ccccc3)c3ccccc3)O[C@H](CO)[C@@H](O)[C@H]2C(=O)c2ccccc2)c1OC. The largest absolute Gasteiger partial charge is 0.489 e. The fourth-order valence-electron chi connectivity index (χ4n) is 7.12. The Morgan fingerprint density at radius 2 is 1.32 bits per heavy atom. The topological polar surface area (TPSA) is 146 Å². The molecule has 0 unspecified atom stereocenters. The van der Waals surface area contributed by atoms with Crippen LogP contribution in [0.2, 0.25) is 0 Å². The molecule has 6 rings (SSSR count). The Morgan fingerprint density at radius 1 is 0.851 bits per heavy atom. The molecule has 0 amide bonds. The zero-order valence-electron chi connectivity index (χ0n) is 25.9. The van der Waals surface area contributed by atoms with Crippen LogP contribution in [0.4, 0.5) is 5.82 Å². The average molecular weight is 634 g/mol. The fourth-order valence-corrected chi connectivity index (χ4v) is 7.12. The summed E-state index contributed by atoms with van der Waals surface area (Å²) in [5, 5.41) is 22.9. The Balaban J connectivity index is 1.93. The van der Waals surface area contributed by atoms with Crippen LogP contribution in [0.5, 0.6) is 11.6 Å². The first-order valence-electron chi connectivity index (χ1n) is 15.1. The molecule has 1 aliphatic rings. The predicted molar refractivity (Wildman–Crippen MR) is 175 cm³/mol. The van der Waals surface area contributed by atoms with E-state index in [1.54, 1.807) is 30.3 Å². The number of carbonyl (C=O) groups excluding carboxylic acids is 1. The lowest BCUT2D eigenvalue weighted by Crippen LogP contribution is -2.63. The van der Waals surface area contributed by atoms with Crippen LogP contribution in [0.3, 0.4) is 0 Å². The third-order valence-corrected chi connectivity index (χ3v) is 8.92. The maximum Gasteiger partial charge on any atom is 0.355 e. The summed E-state index contributed by atoms with van der Waals surface area (Å²) in [6.45, 7) is -0.674. The molecule has 10 heteroatoms. The fraction of sp³-hybridized carbons (Fsp3) is 0.216. The van der Waals surface area contributed by atoms with Gasteiger partial charge in [0.1, 0.15) is 12.0 Å². The van der Waals surface area contributed by atoms with Crippen molar-refractivity contribution >= 4 is 11.6 Å². The van der Waals surface area contributed by atoms with Crippen LogP contribution >= 0.6 is 0 Å². The van der Waals surface area contributed by atoms with E-state index in [-0.39, 0.29) is 23.0 Å². The first-order chi connectivity index (χ1) is 22.9. The molecular weight excluding hydrogens is 598 g/mol. The molecule has 240 valence electrons. The highest BCUT2D eigenvalue weighted by atomic mass is 16.6. The number of benzene rings is 4. The molecule has 4 atom stereocenters. The third kappa shape index (κ3) is 4.80. The number of hydrogen-bond acceptors (Lipinski definition) is 9. The molecule has 0 aliphatic carbocycles. The summed E-state index contributed by atoms with van der Waals surface area (Å²) >= 11 is 0. The molecule has 4 aromatic carbocycles. The molecule has 1 aromatic heterocycles. The highest BCUT2D eigenvalue weighted by Gasteiger charge is 2.71. The van der Waals surface area contributed by atoms with E-state index in [1.807, 2.05) is 91.0 Å². The number of aliphatic hydroxyl groups excluding tert-OH is 2. The van der Waals surface area contributed by atoms with Gasteiger partial charge in [-0.1, -0.05) is 121 Å². The lowest BCUT2D eigenvalue weighted by Gasteiger charge is -2.52. The van der Waals surface area contributed by atoms with E-state index in [9.17, 15) is 15.0 Å². The van der Waals surface area contributed by atoms with Gasteiger partial charge in [-0.05, 0) is 16.7 Å². The Hall–Kier alpha value is -5.29. The van der Waals surface area contributed by atoms with Crippen molar-refractivity contribution in [3.05, 3.63) is 154 Å². The highest BCUT2D eigenvalue weighted by Crippen LogP contribution is 2.61. The van der Waals surface area contributed by atoms with Crippen LogP contribution in [-0.4, -0.2) is 58.6 Å². The molecule has 0 radical (unpaired) electrons. The Labute approximate surface area is 271 Å². The predicted octanol–water partition coefficient (Wildman–Crippen LogP) is 3.78. The number of nitrogen functional groups attached to an aromatic ring is 1. The molecule has 5 aromatic rings. The zero-order valence-corrected chi connectivity index (χ0v) is 25.9. The van der Waals surface area contributed by atoms with E-state index in [2.05, 4.69) is 4.98 Å². The lowest BCUT2D eigenvalue weighted by atomic mass is 9.58. The van der Waals surface area contributed by atoms with Gasteiger partial charge >= 0.3 is 5.69 Å². The van der Waals surface area contributed by atoms with Crippen LogP contribution in [0.25, 0.3) is 0 Å². The number of nitrogens with zero attached hydrogens (tertiary/aromatic N) is 2. The van der Waals surface area contributed by atoms with Gasteiger partial charge in [-0.2, -0.15) is 4.98 Å². The van der Waals surface area contributed by atoms with Gasteiger partial charge in [0.25, 0.3) is 0 Å². The van der Waals surface area contributed by atoms with Crippen LogP contribution < -0.4 is 20.9 Å². The molecule has 1 aliphatic heterocycles. The number of anilines is 1. The molecule has 4 N–H and O–H groups in total. The number of methoxy groups -OCH3 is 2. The molecule has 10 nitrogen and oxygen atoms in total. The second-order valence-electron chi connectivity index (χ2n) is 11.2. The van der Waals surface area contributed by atoms with Crippen molar-refractivity contribution in [1.29, 1.82) is 0 Å². The Bertz CT molecular complexity index is 1810. The number of hydrogen-bond donors (Lipinski definition) is 3. The summed E-state index contributed by atoms with van der Waals surface area (Å²) in [6, 6.07) is 36.3. The standard InChI is InChI=1S/C37H35N3O7/c1-45-32-33(38)39-35(44)40(34(32)46-2)37(29(31(43)28(23-41)47-37)30(42)24-15-7-3-8-16-24)36(25-17-9-4-10-18-25,26-19-11-5-12-20-26)27-21-13-6-14-22-27/h3-22,28-29,31,41,43H,23H2,1-2H3,(H2,38,39,44)/t28-,29-,31-,37+/m1/s1. The van der Waals surface area contributed by atoms with Crippen LogP contribution in [0, 0.1) is 5.92 Å². The van der Waals surface area contributed by atoms with Gasteiger partial charge in [-0.25, -0.2) is 9.36 Å². The van der Waals surface area contributed by atoms with Crippen molar-refractivity contribution in [3.63, 3.8) is 0 Å². The number of nitrogens with two attached hydrogens (primary N) is 1. The van der Waals surface area contributed by atoms with Gasteiger partial charge in [0.05, 0.1) is 32.3 Å². The smallest absolute Gasteiger partial charge is 0.355 e. The van der Waals surface area contributed by atoms with Crippen LogP contribution in [-0.2, 0) is 15.9 Å². The van der Waals surface area contributed by atoms with Crippen molar-refractivity contribution in [2.45, 2.75) is 23.3 Å². The van der Waals surface area contributed by atoms with E-state index in [0.29, 0.717) is 16.7 Å². The zero-order chi connectivity index (χ0) is 33.2. The van der Waals surface area contributed by atoms with E-state index in [0.717, 1.165) is 4.57 Å². The molecule has 2 heterocycles. The minimum Gasteiger partial charge on any atom is -0.489 e. The monoisotopic (exact) mass is 633 g/mol. The highest BCUT2D eigenvalue weighted by molar-refractivity contribution is 5.99. The quantitative estimate of drug-likeness (QED) is 0.155. The van der Waals surface area contributed by atoms with Crippen LogP contribution in [0.1, 0.15) is 27.0 Å². The molecule has 0 spiro atoms. The van der Waals surface area contributed by atoms with E-state index in [1.165, 1.54) is 14.2 Å². The summed E-state index contributed by atoms with van der Waals surface area (Å²) < 4.78 is 19.6. The first kappa shape index (κ1) is 31.7. The molecule has 0 saturated carbocycles. The number of rotatable bonds is 10. The van der Waals surface area contributed by atoms with Gasteiger partial charge < -0.3 is 30.2 Å². The average Bonchev–Trinajstić information content (AvgIpc) is 3.41. The van der Waals surface area contributed by atoms with Gasteiger partial charge in [0.15, 0.2) is 17.3 Å². The normalized spacial score (nSPS) is 20.9. The number of carbonyl (C=O) groups is 1. The lowest BCUT2D eigenvalue weighted by molar-refractivity contribution is -0.159. The summed E-state index contributed by atoms with van der Waals surface area (Å²) in [4.78, 5) is 33.7. The molecular formula is C37H35N3O7. The summed E-state index contributed by atoms with van der Waals surface area (Å²) in [5.74, 6) is -2.58. The van der Waals surface area contributed by atoms with Gasteiger partial charge in [-0.3, -0.25) is 4.79 Å². The van der Waals surface area contributed by atoms with Crippen molar-refractivity contribution in [1.82, 2.24) is 9.55 Å². The Morgan fingerprint density at radius 3 is 1.74 bits per heavy atom. The summed E-state index contributed by atoms with van der Waals surface area (Å²) in [6.07, 6.45) is -2.94. The van der Waals surface area contributed by atoms with Crippen LogP contribution in [0.15, 0.2) is 126 Å². The van der Waals surface area contributed by atoms with Gasteiger partial charge in [0.2, 0.25) is 11.6 Å². The Kier molecular flexibility index (Phi) is 8.65. The summed E-state index contributed by atoms with van der Waals surface area (Å²) in [7, 11) is 2.68. The molecule has 0 bridgehead atoms. The van der Waals surface area contributed by atoms with Crippen molar-refractivity contribution in [3.8, 4) is 11.6 Å². The van der Waals surface area contributed by atoms with Crippen molar-refractivity contribution in [2.24, 2.45) is 5.92 Å². The molecule has 1 fully saturated rings. The second-order valence-corrected chi connectivity index (χ2v) is 11.2. The van der Waals surface area contributed by atoms with E-state index < -0.39 is 47.3 Å². The number of aliphatic hydroxyl groups is 2. The van der Waals surface area contributed by atoms with Gasteiger partial charge in [-0.15, -0.1) is 0 Å². The number of ketones is 1. The second kappa shape index (κ2) is 12.8. The third-order valence-electron chi connectivity index (χ3n) is 8.92. The molecule has 47 heavy (non-hydrogen) atoms. The maximum atomic E-state index is 15.0. The summed E-state index contributed by atoms with van der Waals surface area (Å²) in [5.41, 5.74) is 3.55. The molecule has 1 saturated heterocycles. The minimum atomic E-state index is -2.22. The van der Waals surface area contributed by atoms with Crippen molar-refractivity contribution in [2.75, 3.05) is 26.6 Å². The van der Waals surface area contributed by atoms with Gasteiger partial charge in [0, 0.05) is 5.56 Å². The number of Topliss-reactive ketones (excluding diaryl/α,β-unsaturated/α-hetero) is 1. The van der Waals surface area contributed by atoms with E-state index >= 15 is 4.79 Å². The van der Waals surface area contributed by atoms with E-state index in [4.69, 9.17) is 19.9 Å². The first-order valence-corrected chi connectivity index (χ1v) is 15.1. The maximum absolute atomic E-state index is 15.0. The number of ether oxygens (including phenoxy) is 3. The number of aromatic nitrogens is 2. The minimum absolute atomic E-state index is 0.0778. The van der Waals surface area contributed by atoms with Crippen molar-refractivity contribution < 1.29 is 29.2 Å².